The summed E-state index contributed by atoms with van der Waals surface area (Å²) in [5.74, 6) is -1.11. The fourth-order valence-corrected chi connectivity index (χ4v) is 1.63. The molecule has 0 unspecified atom stereocenters. The average molecular weight is 302 g/mol. The number of rotatable bonds is 4. The lowest BCUT2D eigenvalue weighted by atomic mass is 10.2. The SMILES string of the molecule is COC(=O)c1cnc(NC(=O)OCc2ccccc2)c(O)c1. The maximum atomic E-state index is 11.6. The van der Waals surface area contributed by atoms with Gasteiger partial charge in [-0.05, 0) is 11.6 Å². The topological polar surface area (TPSA) is 97.8 Å². The number of pyridine rings is 1. The summed E-state index contributed by atoms with van der Waals surface area (Å²) < 4.78 is 9.49. The number of amides is 1. The van der Waals surface area contributed by atoms with Gasteiger partial charge in [0.1, 0.15) is 6.61 Å². The van der Waals surface area contributed by atoms with E-state index in [1.807, 2.05) is 30.3 Å². The molecule has 2 aromatic rings. The van der Waals surface area contributed by atoms with Gasteiger partial charge in [-0.25, -0.2) is 14.6 Å². The summed E-state index contributed by atoms with van der Waals surface area (Å²) in [5, 5.41) is 12.0. The van der Waals surface area contributed by atoms with E-state index >= 15 is 0 Å². The van der Waals surface area contributed by atoms with Gasteiger partial charge >= 0.3 is 12.1 Å². The molecule has 1 aromatic heterocycles. The zero-order chi connectivity index (χ0) is 15.9. The Morgan fingerprint density at radius 2 is 2.00 bits per heavy atom. The van der Waals surface area contributed by atoms with Crippen molar-refractivity contribution in [3.05, 3.63) is 53.7 Å². The molecule has 0 radical (unpaired) electrons. The molecule has 0 fully saturated rings. The minimum atomic E-state index is -0.766. The van der Waals surface area contributed by atoms with Crippen molar-refractivity contribution in [1.29, 1.82) is 0 Å². The Hall–Kier alpha value is -3.09. The van der Waals surface area contributed by atoms with Crippen LogP contribution in [0.5, 0.6) is 5.75 Å². The van der Waals surface area contributed by atoms with Gasteiger partial charge in [-0.3, -0.25) is 5.32 Å². The number of esters is 1. The molecule has 2 rings (SSSR count). The first-order valence-corrected chi connectivity index (χ1v) is 6.35. The molecule has 2 N–H and O–H groups in total. The molecule has 1 aromatic carbocycles. The van der Waals surface area contributed by atoms with E-state index in [0.717, 1.165) is 11.6 Å². The van der Waals surface area contributed by atoms with Crippen LogP contribution in [0.4, 0.5) is 10.6 Å². The number of nitrogens with zero attached hydrogens (tertiary/aromatic N) is 1. The molecule has 1 heterocycles. The number of methoxy groups -OCH3 is 1. The van der Waals surface area contributed by atoms with E-state index in [2.05, 4.69) is 15.0 Å². The van der Waals surface area contributed by atoms with Gasteiger partial charge < -0.3 is 14.6 Å². The third-order valence-corrected chi connectivity index (χ3v) is 2.72. The van der Waals surface area contributed by atoms with Gasteiger partial charge in [-0.2, -0.15) is 0 Å². The highest BCUT2D eigenvalue weighted by atomic mass is 16.5. The summed E-state index contributed by atoms with van der Waals surface area (Å²) in [7, 11) is 1.21. The minimum absolute atomic E-state index is 0.0724. The molecule has 0 aliphatic rings. The Morgan fingerprint density at radius 1 is 1.27 bits per heavy atom. The highest BCUT2D eigenvalue weighted by molar-refractivity contribution is 5.91. The van der Waals surface area contributed by atoms with Crippen molar-refractivity contribution in [3.8, 4) is 5.75 Å². The van der Waals surface area contributed by atoms with Gasteiger partial charge in [0.05, 0.1) is 12.7 Å². The van der Waals surface area contributed by atoms with Gasteiger partial charge in [0.2, 0.25) is 0 Å². The molecule has 0 aliphatic heterocycles. The molecule has 0 bridgehead atoms. The maximum absolute atomic E-state index is 11.6. The number of ether oxygens (including phenoxy) is 2. The Morgan fingerprint density at radius 3 is 2.64 bits per heavy atom. The molecule has 22 heavy (non-hydrogen) atoms. The lowest BCUT2D eigenvalue weighted by Gasteiger charge is -2.08. The Bertz CT molecular complexity index is 673. The number of benzene rings is 1. The van der Waals surface area contributed by atoms with E-state index in [-0.39, 0.29) is 23.7 Å². The zero-order valence-corrected chi connectivity index (χ0v) is 11.8. The summed E-state index contributed by atoms with van der Waals surface area (Å²) >= 11 is 0. The Balaban J connectivity index is 1.95. The zero-order valence-electron chi connectivity index (χ0n) is 11.8. The van der Waals surface area contributed by atoms with Crippen LogP contribution in [0.15, 0.2) is 42.6 Å². The predicted molar refractivity (Wildman–Crippen MR) is 77.5 cm³/mol. The van der Waals surface area contributed by atoms with E-state index in [1.54, 1.807) is 0 Å². The van der Waals surface area contributed by atoms with E-state index in [9.17, 15) is 14.7 Å². The van der Waals surface area contributed by atoms with E-state index in [4.69, 9.17) is 4.74 Å². The predicted octanol–water partition coefficient (Wildman–Crippen LogP) is 2.32. The summed E-state index contributed by atoms with van der Waals surface area (Å²) in [6, 6.07) is 10.3. The fourth-order valence-electron chi connectivity index (χ4n) is 1.63. The van der Waals surface area contributed by atoms with E-state index in [0.29, 0.717) is 0 Å². The number of aromatic nitrogens is 1. The number of nitrogens with one attached hydrogen (secondary N) is 1. The summed E-state index contributed by atoms with van der Waals surface area (Å²) in [6.07, 6.45) is 0.413. The number of carbonyl (C=O) groups excluding carboxylic acids is 2. The molecule has 1 amide bonds. The normalized spacial score (nSPS) is 9.86. The van der Waals surface area contributed by atoms with Gasteiger partial charge in [0, 0.05) is 6.20 Å². The summed E-state index contributed by atoms with van der Waals surface area (Å²) in [6.45, 7) is 0.0910. The molecule has 7 nitrogen and oxygen atoms in total. The molecular weight excluding hydrogens is 288 g/mol. The fraction of sp³-hybridized carbons (Fsp3) is 0.133. The molecular formula is C15H14N2O5. The van der Waals surface area contributed by atoms with Crippen LogP contribution in [0.2, 0.25) is 0 Å². The quantitative estimate of drug-likeness (QED) is 0.841. The van der Waals surface area contributed by atoms with Crippen LogP contribution in [-0.4, -0.2) is 29.3 Å². The van der Waals surface area contributed by atoms with Crippen LogP contribution >= 0.6 is 0 Å². The van der Waals surface area contributed by atoms with Crippen molar-refractivity contribution in [2.45, 2.75) is 6.61 Å². The first kappa shape index (κ1) is 15.3. The number of carbonyl (C=O) groups is 2. The minimum Gasteiger partial charge on any atom is -0.504 e. The molecule has 0 aliphatic carbocycles. The van der Waals surface area contributed by atoms with Crippen molar-refractivity contribution < 1.29 is 24.2 Å². The molecule has 0 saturated carbocycles. The number of hydrogen-bond donors (Lipinski definition) is 2. The third-order valence-electron chi connectivity index (χ3n) is 2.72. The first-order valence-electron chi connectivity index (χ1n) is 6.35. The molecule has 0 saturated heterocycles. The summed E-state index contributed by atoms with van der Waals surface area (Å²) in [5.41, 5.74) is 0.902. The van der Waals surface area contributed by atoms with E-state index in [1.165, 1.54) is 13.3 Å². The van der Waals surface area contributed by atoms with Gasteiger partial charge in [0.15, 0.2) is 11.6 Å². The second-order valence-corrected chi connectivity index (χ2v) is 4.27. The number of anilines is 1. The highest BCUT2D eigenvalue weighted by Crippen LogP contribution is 2.21. The van der Waals surface area contributed by atoms with Gasteiger partial charge in [0.25, 0.3) is 0 Å². The van der Waals surface area contributed by atoms with Crippen molar-refractivity contribution in [1.82, 2.24) is 4.98 Å². The average Bonchev–Trinajstić information content (AvgIpc) is 2.55. The smallest absolute Gasteiger partial charge is 0.413 e. The van der Waals surface area contributed by atoms with E-state index < -0.39 is 12.1 Å². The van der Waals surface area contributed by atoms with Crippen molar-refractivity contribution >= 4 is 17.9 Å². The first-order chi connectivity index (χ1) is 10.6. The molecule has 0 atom stereocenters. The molecule has 0 spiro atoms. The van der Waals surface area contributed by atoms with Crippen molar-refractivity contribution in [2.75, 3.05) is 12.4 Å². The van der Waals surface area contributed by atoms with Crippen molar-refractivity contribution in [2.24, 2.45) is 0 Å². The summed E-state index contributed by atoms with van der Waals surface area (Å²) in [4.78, 5) is 26.7. The second kappa shape index (κ2) is 7.07. The highest BCUT2D eigenvalue weighted by Gasteiger charge is 2.13. The maximum Gasteiger partial charge on any atom is 0.413 e. The van der Waals surface area contributed by atoms with Crippen LogP contribution < -0.4 is 5.32 Å². The van der Waals surface area contributed by atoms with Crippen LogP contribution in [-0.2, 0) is 16.1 Å². The lowest BCUT2D eigenvalue weighted by molar-refractivity contribution is 0.0600. The largest absolute Gasteiger partial charge is 0.504 e. The van der Waals surface area contributed by atoms with Crippen LogP contribution in [0, 0.1) is 0 Å². The Kier molecular flexibility index (Phi) is 4.92. The van der Waals surface area contributed by atoms with Crippen LogP contribution in [0.3, 0.4) is 0 Å². The third kappa shape index (κ3) is 3.95. The van der Waals surface area contributed by atoms with Gasteiger partial charge in [-0.1, -0.05) is 30.3 Å². The molecule has 7 heteroatoms. The van der Waals surface area contributed by atoms with Gasteiger partial charge in [-0.15, -0.1) is 0 Å². The number of hydrogen-bond acceptors (Lipinski definition) is 6. The second-order valence-electron chi connectivity index (χ2n) is 4.27. The van der Waals surface area contributed by atoms with Crippen LogP contribution in [0.1, 0.15) is 15.9 Å². The number of aromatic hydroxyl groups is 1. The van der Waals surface area contributed by atoms with Crippen LogP contribution in [0.25, 0.3) is 0 Å². The standard InChI is InChI=1S/C15H14N2O5/c1-21-14(19)11-7-12(18)13(16-8-11)17-15(20)22-9-10-5-3-2-4-6-10/h2-8,18H,9H2,1H3,(H,16,17,20). The molecule has 114 valence electrons. The lowest BCUT2D eigenvalue weighted by Crippen LogP contribution is -2.15. The Labute approximate surface area is 126 Å². The monoisotopic (exact) mass is 302 g/mol. The van der Waals surface area contributed by atoms with Crippen molar-refractivity contribution in [3.63, 3.8) is 0 Å².